The molecule has 1 atom stereocenters. The Kier molecular flexibility index (Phi) is 8.03. The van der Waals surface area contributed by atoms with Crippen molar-refractivity contribution < 1.29 is 23.8 Å². The number of methoxy groups -OCH3 is 1. The lowest BCUT2D eigenvalue weighted by Gasteiger charge is -2.50. The number of phenolic OH excluding ortho intramolecular Hbond substituents is 1. The van der Waals surface area contributed by atoms with E-state index in [0.29, 0.717) is 43.0 Å². The van der Waals surface area contributed by atoms with Gasteiger partial charge in [-0.3, -0.25) is 19.5 Å². The zero-order valence-corrected chi connectivity index (χ0v) is 24.4. The van der Waals surface area contributed by atoms with Crippen LogP contribution in [0, 0.1) is 11.2 Å². The van der Waals surface area contributed by atoms with Crippen molar-refractivity contribution >= 4 is 22.7 Å². The Morgan fingerprint density at radius 2 is 1.81 bits per heavy atom. The van der Waals surface area contributed by atoms with E-state index in [1.807, 2.05) is 24.3 Å². The summed E-state index contributed by atoms with van der Waals surface area (Å²) in [7, 11) is 1.32. The predicted molar refractivity (Wildman–Crippen MR) is 162 cm³/mol. The topological polar surface area (TPSA) is 108 Å². The highest BCUT2D eigenvalue weighted by molar-refractivity contribution is 6.09. The Labute approximate surface area is 250 Å². The molecule has 0 spiro atoms. The quantitative estimate of drug-likeness (QED) is 0.195. The largest absolute Gasteiger partial charge is 0.507 e. The predicted octanol–water partition coefficient (Wildman–Crippen LogP) is 5.11. The molecular weight excluding hydrogens is 547 g/mol. The molecule has 43 heavy (non-hydrogen) atoms. The Morgan fingerprint density at radius 3 is 2.51 bits per heavy atom. The smallest absolute Gasteiger partial charge is 0.319 e. The molecule has 2 fully saturated rings. The molecule has 224 valence electrons. The number of piperidine rings is 2. The average Bonchev–Trinajstić information content (AvgIpc) is 3.49. The number of aromatic nitrogens is 2. The van der Waals surface area contributed by atoms with Gasteiger partial charge < -0.3 is 20.1 Å². The number of rotatable bonds is 8. The number of nitrogens with one attached hydrogen (secondary N) is 2. The van der Waals surface area contributed by atoms with Crippen molar-refractivity contribution in [2.24, 2.45) is 5.41 Å². The van der Waals surface area contributed by atoms with Crippen LogP contribution in [-0.2, 0) is 26.3 Å². The molecule has 2 aromatic carbocycles. The molecule has 2 aliphatic rings. The minimum Gasteiger partial charge on any atom is -0.507 e. The van der Waals surface area contributed by atoms with Crippen LogP contribution in [0.5, 0.6) is 5.75 Å². The van der Waals surface area contributed by atoms with Gasteiger partial charge in [-0.05, 0) is 87.8 Å². The summed E-state index contributed by atoms with van der Waals surface area (Å²) in [5, 5.41) is 16.4. The van der Waals surface area contributed by atoms with Crippen LogP contribution in [0.3, 0.4) is 0 Å². The van der Waals surface area contributed by atoms with E-state index in [9.17, 15) is 14.3 Å². The molecule has 4 aromatic rings. The van der Waals surface area contributed by atoms with Gasteiger partial charge in [0.1, 0.15) is 22.5 Å². The summed E-state index contributed by atoms with van der Waals surface area (Å²) in [6, 6.07) is 15.4. The molecular formula is C34H37FN4O4. The van der Waals surface area contributed by atoms with Crippen LogP contribution in [-0.4, -0.2) is 65.0 Å². The van der Waals surface area contributed by atoms with Gasteiger partial charge in [0.05, 0.1) is 24.5 Å². The highest BCUT2D eigenvalue weighted by atomic mass is 19.1. The first kappa shape index (κ1) is 29.0. The van der Waals surface area contributed by atoms with Gasteiger partial charge in [0, 0.05) is 29.1 Å². The van der Waals surface area contributed by atoms with Crippen LogP contribution in [0.4, 0.5) is 4.39 Å². The monoisotopic (exact) mass is 584 g/mol. The molecule has 2 saturated heterocycles. The Balaban J connectivity index is 1.61. The molecule has 1 unspecified atom stereocenters. The van der Waals surface area contributed by atoms with E-state index in [0.717, 1.165) is 35.7 Å². The number of H-pyrrole nitrogens is 1. The third-order valence-electron chi connectivity index (χ3n) is 9.31. The van der Waals surface area contributed by atoms with Gasteiger partial charge >= 0.3 is 5.97 Å². The third kappa shape index (κ3) is 5.10. The first-order chi connectivity index (χ1) is 20.9. The van der Waals surface area contributed by atoms with E-state index in [1.165, 1.54) is 19.2 Å². The van der Waals surface area contributed by atoms with Crippen molar-refractivity contribution in [3.05, 3.63) is 83.9 Å². The highest BCUT2D eigenvalue weighted by Gasteiger charge is 2.59. The second kappa shape index (κ2) is 11.9. The van der Waals surface area contributed by atoms with Crippen LogP contribution in [0.2, 0.25) is 0 Å². The summed E-state index contributed by atoms with van der Waals surface area (Å²) in [6.07, 6.45) is 6.95. The number of ketones is 1. The normalized spacial score (nSPS) is 18.7. The van der Waals surface area contributed by atoms with Gasteiger partial charge in [-0.1, -0.05) is 30.7 Å². The van der Waals surface area contributed by atoms with Crippen LogP contribution in [0.15, 0.2) is 67.0 Å². The first-order valence-electron chi connectivity index (χ1n) is 15.0. The molecule has 0 bridgehead atoms. The number of hydrogen-bond donors (Lipinski definition) is 3. The van der Waals surface area contributed by atoms with Gasteiger partial charge in [-0.15, -0.1) is 0 Å². The second-order valence-electron chi connectivity index (χ2n) is 11.7. The third-order valence-corrected chi connectivity index (χ3v) is 9.31. The number of nitrogens with zero attached hydrogens (tertiary/aromatic N) is 2. The fourth-order valence-electron chi connectivity index (χ4n) is 7.08. The van der Waals surface area contributed by atoms with Crippen LogP contribution >= 0.6 is 0 Å². The maximum absolute atomic E-state index is 15.5. The zero-order chi connectivity index (χ0) is 30.0. The summed E-state index contributed by atoms with van der Waals surface area (Å²) < 4.78 is 19.4. The molecule has 0 amide bonds. The van der Waals surface area contributed by atoms with Crippen molar-refractivity contribution in [3.8, 4) is 17.0 Å². The van der Waals surface area contributed by atoms with E-state index < -0.39 is 16.9 Å². The summed E-state index contributed by atoms with van der Waals surface area (Å²) in [5.74, 6) is -1.25. The number of carbonyl (C=O) groups is 2. The number of ether oxygens (including phenoxy) is 1. The van der Waals surface area contributed by atoms with Crippen molar-refractivity contribution in [1.82, 2.24) is 20.2 Å². The van der Waals surface area contributed by atoms with E-state index in [2.05, 4.69) is 20.2 Å². The van der Waals surface area contributed by atoms with E-state index in [4.69, 9.17) is 4.74 Å². The molecule has 0 saturated carbocycles. The number of hydrogen-bond acceptors (Lipinski definition) is 7. The second-order valence-corrected chi connectivity index (χ2v) is 11.7. The fourth-order valence-corrected chi connectivity index (χ4v) is 7.08. The zero-order valence-electron chi connectivity index (χ0n) is 24.4. The van der Waals surface area contributed by atoms with Gasteiger partial charge in [-0.2, -0.15) is 0 Å². The Hall–Kier alpha value is -4.08. The van der Waals surface area contributed by atoms with Crippen molar-refractivity contribution in [2.75, 3.05) is 33.3 Å². The minimum atomic E-state index is -1.42. The summed E-state index contributed by atoms with van der Waals surface area (Å²) >= 11 is 0. The molecule has 3 N–H and O–H groups in total. The number of aromatic hydroxyl groups is 1. The highest BCUT2D eigenvalue weighted by Crippen LogP contribution is 2.49. The molecule has 6 rings (SSSR count). The van der Waals surface area contributed by atoms with Gasteiger partial charge in [0.25, 0.3) is 0 Å². The standard InChI is InChI=1S/C34H37FN4O4/c1-43-32(42)33(13-16-36-17-14-33)31(41)34(39-18-3-2-4-19-39,21-23-8-10-25(35)11-9-23)27-7-5-6-26(30(27)40)28-20-24-12-15-37-22-29(24)38-28/h5-12,15,20,22,36,38,40H,2-4,13-14,16-19,21H2,1H3. The van der Waals surface area contributed by atoms with E-state index >= 15 is 4.79 Å². The van der Waals surface area contributed by atoms with E-state index in [1.54, 1.807) is 30.6 Å². The van der Waals surface area contributed by atoms with Crippen molar-refractivity contribution in [1.29, 1.82) is 0 Å². The molecule has 4 heterocycles. The lowest BCUT2D eigenvalue weighted by atomic mass is 9.63. The van der Waals surface area contributed by atoms with Gasteiger partial charge in [0.15, 0.2) is 5.78 Å². The summed E-state index contributed by atoms with van der Waals surface area (Å²) in [5.41, 5.74) is 0.388. The van der Waals surface area contributed by atoms with Crippen molar-refractivity contribution in [3.63, 3.8) is 0 Å². The van der Waals surface area contributed by atoms with Crippen LogP contribution < -0.4 is 5.32 Å². The Morgan fingerprint density at radius 1 is 1.07 bits per heavy atom. The number of para-hydroxylation sites is 1. The summed E-state index contributed by atoms with van der Waals surface area (Å²) in [6.45, 7) is 2.21. The molecule has 0 radical (unpaired) electrons. The average molecular weight is 585 g/mol. The number of likely N-dealkylation sites (tertiary alicyclic amines) is 1. The molecule has 0 aliphatic carbocycles. The minimum absolute atomic E-state index is 0.0306. The number of pyridine rings is 1. The molecule has 8 nitrogen and oxygen atoms in total. The molecule has 2 aliphatic heterocycles. The maximum atomic E-state index is 15.5. The van der Waals surface area contributed by atoms with Crippen molar-refractivity contribution in [2.45, 2.75) is 44.1 Å². The number of benzene rings is 2. The number of esters is 1. The number of fused-ring (bicyclic) bond motifs is 1. The Bertz CT molecular complexity index is 1590. The fraction of sp³-hybridized carbons (Fsp3) is 0.382. The van der Waals surface area contributed by atoms with E-state index in [-0.39, 0.29) is 36.6 Å². The molecule has 2 aromatic heterocycles. The van der Waals surface area contributed by atoms with Gasteiger partial charge in [0.2, 0.25) is 0 Å². The molecule has 9 heteroatoms. The van der Waals surface area contributed by atoms with Crippen LogP contribution in [0.1, 0.15) is 43.2 Å². The summed E-state index contributed by atoms with van der Waals surface area (Å²) in [4.78, 5) is 38.8. The number of carbonyl (C=O) groups excluding carboxylic acids is 2. The van der Waals surface area contributed by atoms with Crippen LogP contribution in [0.25, 0.3) is 22.2 Å². The lowest BCUT2D eigenvalue weighted by Crippen LogP contribution is -2.63. The lowest BCUT2D eigenvalue weighted by molar-refractivity contribution is -0.166. The van der Waals surface area contributed by atoms with Gasteiger partial charge in [-0.25, -0.2) is 4.39 Å². The maximum Gasteiger partial charge on any atom is 0.319 e. The number of halogens is 1. The number of aromatic amines is 1. The number of phenols is 1. The number of Topliss-reactive ketones (excluding diaryl/α,β-unsaturated/α-hetero) is 1. The first-order valence-corrected chi connectivity index (χ1v) is 15.0. The SMILES string of the molecule is COC(=O)C1(C(=O)C(Cc2ccc(F)cc2)(c2cccc(-c3cc4ccncc4[nH]3)c2O)N2CCCCC2)CCNCC1.